The molecule has 5 heteroatoms. The van der Waals surface area contributed by atoms with Crippen molar-refractivity contribution in [3.8, 4) is 6.07 Å². The number of aliphatic hydroxyl groups is 1. The van der Waals surface area contributed by atoms with Crippen molar-refractivity contribution in [1.82, 2.24) is 0 Å². The molecule has 0 spiro atoms. The molecule has 0 radical (unpaired) electrons. The molecule has 0 bridgehead atoms. The average molecular weight is 277 g/mol. The lowest BCUT2D eigenvalue weighted by molar-refractivity contribution is -0.0342. The third-order valence-corrected chi connectivity index (χ3v) is 6.25. The molecule has 1 saturated heterocycles. The Morgan fingerprint density at radius 1 is 1.21 bits per heavy atom. The summed E-state index contributed by atoms with van der Waals surface area (Å²) in [7, 11) is -3.21. The average Bonchev–Trinajstić information content (AvgIpc) is 2.87. The van der Waals surface area contributed by atoms with Crippen molar-refractivity contribution in [3.63, 3.8) is 0 Å². The van der Waals surface area contributed by atoms with Crippen LogP contribution in [0.4, 0.5) is 0 Å². The second-order valence-electron chi connectivity index (χ2n) is 5.69. The van der Waals surface area contributed by atoms with E-state index in [2.05, 4.69) is 6.07 Å². The lowest BCUT2D eigenvalue weighted by Gasteiger charge is -2.36. The molecular formula is C14H15NO3S. The largest absolute Gasteiger partial charge is 0.387 e. The van der Waals surface area contributed by atoms with E-state index in [1.165, 1.54) is 0 Å². The Hall–Kier alpha value is -1.38. The summed E-state index contributed by atoms with van der Waals surface area (Å²) >= 11 is 0. The van der Waals surface area contributed by atoms with E-state index in [1.807, 2.05) is 24.3 Å². The van der Waals surface area contributed by atoms with E-state index >= 15 is 0 Å². The quantitative estimate of drug-likeness (QED) is 0.825. The minimum absolute atomic E-state index is 0.000779. The molecule has 0 aromatic heterocycles. The summed E-state index contributed by atoms with van der Waals surface area (Å²) in [5.41, 5.74) is -0.382. The second-order valence-corrected chi connectivity index (χ2v) is 7.87. The molecular weight excluding hydrogens is 262 g/mol. The minimum atomic E-state index is -3.21. The molecule has 1 aliphatic carbocycles. The summed E-state index contributed by atoms with van der Waals surface area (Å²) in [6.45, 7) is 0. The molecule has 0 saturated carbocycles. The SMILES string of the molecule is N#CC1(C2(O)Cc3ccccc3C2)CCS(=O)(=O)C1. The molecule has 1 heterocycles. The topological polar surface area (TPSA) is 78.2 Å². The molecule has 1 aromatic carbocycles. The highest BCUT2D eigenvalue weighted by Gasteiger charge is 2.58. The number of benzene rings is 1. The normalized spacial score (nSPS) is 30.7. The van der Waals surface area contributed by atoms with Crippen LogP contribution in [0.25, 0.3) is 0 Å². The number of fused-ring (bicyclic) bond motifs is 1. The van der Waals surface area contributed by atoms with Crippen molar-refractivity contribution in [2.45, 2.75) is 24.9 Å². The molecule has 1 atom stereocenters. The van der Waals surface area contributed by atoms with Gasteiger partial charge in [-0.3, -0.25) is 0 Å². The van der Waals surface area contributed by atoms with Crippen LogP contribution in [-0.4, -0.2) is 30.6 Å². The van der Waals surface area contributed by atoms with Crippen LogP contribution in [0.3, 0.4) is 0 Å². The fourth-order valence-corrected chi connectivity index (χ4v) is 5.37. The van der Waals surface area contributed by atoms with E-state index < -0.39 is 20.9 Å². The third kappa shape index (κ3) is 1.78. The van der Waals surface area contributed by atoms with Gasteiger partial charge in [0.1, 0.15) is 5.41 Å². The van der Waals surface area contributed by atoms with Gasteiger partial charge in [0.2, 0.25) is 0 Å². The van der Waals surface area contributed by atoms with Gasteiger partial charge in [-0.15, -0.1) is 0 Å². The third-order valence-electron chi connectivity index (χ3n) is 4.50. The lowest BCUT2D eigenvalue weighted by Crippen LogP contribution is -2.49. The van der Waals surface area contributed by atoms with Gasteiger partial charge >= 0.3 is 0 Å². The first-order chi connectivity index (χ1) is 8.90. The van der Waals surface area contributed by atoms with E-state index in [0.717, 1.165) is 11.1 Å². The summed E-state index contributed by atoms with van der Waals surface area (Å²) in [5.74, 6) is -0.222. The zero-order valence-electron chi connectivity index (χ0n) is 10.5. The number of sulfone groups is 1. The Bertz CT molecular complexity index is 649. The predicted molar refractivity (Wildman–Crippen MR) is 70.1 cm³/mol. The van der Waals surface area contributed by atoms with Crippen molar-refractivity contribution in [2.75, 3.05) is 11.5 Å². The Balaban J connectivity index is 2.02. The standard InChI is InChI=1S/C14H15NO3S/c15-9-13(5-6-19(17,18)10-13)14(16)7-11-3-1-2-4-12(11)8-14/h1-4,16H,5-8,10H2. The zero-order chi connectivity index (χ0) is 13.7. The highest BCUT2D eigenvalue weighted by Crippen LogP contribution is 2.48. The molecule has 4 nitrogen and oxygen atoms in total. The van der Waals surface area contributed by atoms with Crippen molar-refractivity contribution < 1.29 is 13.5 Å². The Kier molecular flexibility index (Phi) is 2.54. The summed E-state index contributed by atoms with van der Waals surface area (Å²) < 4.78 is 23.4. The van der Waals surface area contributed by atoms with Gasteiger partial charge < -0.3 is 5.11 Å². The summed E-state index contributed by atoms with van der Waals surface area (Å²) in [6, 6.07) is 9.78. The Morgan fingerprint density at radius 3 is 2.21 bits per heavy atom. The van der Waals surface area contributed by atoms with Crippen LogP contribution < -0.4 is 0 Å². The van der Waals surface area contributed by atoms with Crippen molar-refractivity contribution in [2.24, 2.45) is 5.41 Å². The van der Waals surface area contributed by atoms with Crippen LogP contribution in [0, 0.1) is 16.7 Å². The maximum atomic E-state index is 11.7. The summed E-state index contributed by atoms with van der Waals surface area (Å²) in [5, 5.41) is 20.4. The van der Waals surface area contributed by atoms with Gasteiger partial charge in [0, 0.05) is 12.8 Å². The van der Waals surface area contributed by atoms with Crippen molar-refractivity contribution >= 4 is 9.84 Å². The van der Waals surface area contributed by atoms with E-state index in [-0.39, 0.29) is 17.9 Å². The smallest absolute Gasteiger partial charge is 0.152 e. The molecule has 3 rings (SSSR count). The number of nitriles is 1. The number of rotatable bonds is 1. The highest BCUT2D eigenvalue weighted by atomic mass is 32.2. The highest BCUT2D eigenvalue weighted by molar-refractivity contribution is 7.91. The lowest BCUT2D eigenvalue weighted by atomic mass is 9.70. The maximum absolute atomic E-state index is 11.7. The fourth-order valence-electron chi connectivity index (χ4n) is 3.34. The predicted octanol–water partition coefficient (Wildman–Crippen LogP) is 0.845. The molecule has 19 heavy (non-hydrogen) atoms. The van der Waals surface area contributed by atoms with Crippen LogP contribution in [0.5, 0.6) is 0 Å². The Morgan fingerprint density at radius 2 is 1.79 bits per heavy atom. The van der Waals surface area contributed by atoms with E-state index in [9.17, 15) is 18.8 Å². The van der Waals surface area contributed by atoms with Crippen LogP contribution in [0.15, 0.2) is 24.3 Å². The van der Waals surface area contributed by atoms with Crippen LogP contribution >= 0.6 is 0 Å². The van der Waals surface area contributed by atoms with Crippen molar-refractivity contribution in [1.29, 1.82) is 5.26 Å². The van der Waals surface area contributed by atoms with Gasteiger partial charge in [-0.1, -0.05) is 24.3 Å². The van der Waals surface area contributed by atoms with Gasteiger partial charge in [-0.25, -0.2) is 8.42 Å². The number of hydrogen-bond donors (Lipinski definition) is 1. The van der Waals surface area contributed by atoms with Gasteiger partial charge in [-0.2, -0.15) is 5.26 Å². The molecule has 0 amide bonds. The first-order valence-corrected chi connectivity index (χ1v) is 8.13. The molecule has 1 fully saturated rings. The minimum Gasteiger partial charge on any atom is -0.387 e. The zero-order valence-corrected chi connectivity index (χ0v) is 11.3. The van der Waals surface area contributed by atoms with Crippen LogP contribution in [-0.2, 0) is 22.7 Å². The first-order valence-electron chi connectivity index (χ1n) is 6.31. The molecule has 1 N–H and O–H groups in total. The molecule has 100 valence electrons. The van der Waals surface area contributed by atoms with Gasteiger partial charge in [0.05, 0.1) is 23.2 Å². The molecule has 2 aliphatic rings. The number of hydrogen-bond acceptors (Lipinski definition) is 4. The molecule has 1 aliphatic heterocycles. The van der Waals surface area contributed by atoms with Gasteiger partial charge in [0.25, 0.3) is 0 Å². The first kappa shape index (κ1) is 12.6. The monoisotopic (exact) mass is 277 g/mol. The summed E-state index contributed by atoms with van der Waals surface area (Å²) in [6.07, 6.45) is 0.967. The summed E-state index contributed by atoms with van der Waals surface area (Å²) in [4.78, 5) is 0. The number of nitrogens with zero attached hydrogens (tertiary/aromatic N) is 1. The Labute approximate surface area is 112 Å². The molecule has 1 unspecified atom stereocenters. The van der Waals surface area contributed by atoms with E-state index in [4.69, 9.17) is 0 Å². The van der Waals surface area contributed by atoms with E-state index in [0.29, 0.717) is 12.8 Å². The maximum Gasteiger partial charge on any atom is 0.152 e. The van der Waals surface area contributed by atoms with Crippen molar-refractivity contribution in [3.05, 3.63) is 35.4 Å². The van der Waals surface area contributed by atoms with Crippen LogP contribution in [0.1, 0.15) is 17.5 Å². The van der Waals surface area contributed by atoms with Gasteiger partial charge in [0.15, 0.2) is 9.84 Å². The molecule has 1 aromatic rings. The van der Waals surface area contributed by atoms with Crippen LogP contribution in [0.2, 0.25) is 0 Å². The fraction of sp³-hybridized carbons (Fsp3) is 0.500. The van der Waals surface area contributed by atoms with Gasteiger partial charge in [-0.05, 0) is 17.5 Å². The second kappa shape index (κ2) is 3.81. The van der Waals surface area contributed by atoms with E-state index in [1.54, 1.807) is 0 Å².